The van der Waals surface area contributed by atoms with Crippen LogP contribution < -0.4 is 5.32 Å². The monoisotopic (exact) mass is 198 g/mol. The molecule has 0 aliphatic carbocycles. The van der Waals surface area contributed by atoms with E-state index in [9.17, 15) is 4.79 Å². The SMILES string of the molecule is CCC(C)N1C(=O)CCNCC1(C)C. The molecule has 0 aromatic rings. The number of nitrogens with zero attached hydrogens (tertiary/aromatic N) is 1. The topological polar surface area (TPSA) is 32.3 Å². The normalized spacial score (nSPS) is 24.6. The van der Waals surface area contributed by atoms with Gasteiger partial charge in [0.15, 0.2) is 0 Å². The van der Waals surface area contributed by atoms with Crippen LogP contribution in [-0.4, -0.2) is 35.5 Å². The maximum atomic E-state index is 11.9. The first kappa shape index (κ1) is 11.5. The summed E-state index contributed by atoms with van der Waals surface area (Å²) in [6.07, 6.45) is 1.66. The van der Waals surface area contributed by atoms with Crippen LogP contribution in [0.1, 0.15) is 40.5 Å². The van der Waals surface area contributed by atoms with Gasteiger partial charge in [0.2, 0.25) is 5.91 Å². The van der Waals surface area contributed by atoms with E-state index in [1.165, 1.54) is 0 Å². The Kier molecular flexibility index (Phi) is 3.53. The third-order valence-electron chi connectivity index (χ3n) is 3.03. The van der Waals surface area contributed by atoms with Crippen molar-refractivity contribution in [3.63, 3.8) is 0 Å². The van der Waals surface area contributed by atoms with Crippen LogP contribution in [0.3, 0.4) is 0 Å². The van der Waals surface area contributed by atoms with Gasteiger partial charge < -0.3 is 10.2 Å². The Morgan fingerprint density at radius 1 is 1.57 bits per heavy atom. The first-order chi connectivity index (χ1) is 6.49. The van der Waals surface area contributed by atoms with Gasteiger partial charge in [0, 0.05) is 31.1 Å². The molecule has 0 saturated carbocycles. The third-order valence-corrected chi connectivity index (χ3v) is 3.03. The van der Waals surface area contributed by atoms with Crippen molar-refractivity contribution >= 4 is 5.91 Å². The van der Waals surface area contributed by atoms with Gasteiger partial charge in [0.05, 0.1) is 0 Å². The molecule has 1 N–H and O–H groups in total. The second-order valence-electron chi connectivity index (χ2n) is 4.76. The number of amides is 1. The molecule has 1 aliphatic heterocycles. The molecular formula is C11H22N2O. The van der Waals surface area contributed by atoms with Crippen molar-refractivity contribution in [1.82, 2.24) is 10.2 Å². The van der Waals surface area contributed by atoms with Gasteiger partial charge in [-0.15, -0.1) is 0 Å². The Labute approximate surface area is 86.9 Å². The van der Waals surface area contributed by atoms with Crippen LogP contribution in [-0.2, 0) is 4.79 Å². The molecule has 3 nitrogen and oxygen atoms in total. The summed E-state index contributed by atoms with van der Waals surface area (Å²) in [4.78, 5) is 14.0. The Morgan fingerprint density at radius 3 is 2.79 bits per heavy atom. The number of rotatable bonds is 2. The van der Waals surface area contributed by atoms with Crippen molar-refractivity contribution in [2.75, 3.05) is 13.1 Å². The lowest BCUT2D eigenvalue weighted by molar-refractivity contribution is -0.137. The highest BCUT2D eigenvalue weighted by Gasteiger charge is 2.34. The molecule has 1 saturated heterocycles. The van der Waals surface area contributed by atoms with E-state index in [2.05, 4.69) is 33.0 Å². The van der Waals surface area contributed by atoms with Gasteiger partial charge in [-0.3, -0.25) is 4.79 Å². The van der Waals surface area contributed by atoms with Gasteiger partial charge in [-0.2, -0.15) is 0 Å². The number of hydrogen-bond acceptors (Lipinski definition) is 2. The molecule has 1 aliphatic rings. The molecule has 0 aromatic carbocycles. The third kappa shape index (κ3) is 2.27. The minimum Gasteiger partial charge on any atom is -0.334 e. The fourth-order valence-corrected chi connectivity index (χ4v) is 2.16. The maximum absolute atomic E-state index is 11.9. The van der Waals surface area contributed by atoms with Crippen molar-refractivity contribution in [3.8, 4) is 0 Å². The quantitative estimate of drug-likeness (QED) is 0.727. The highest BCUT2D eigenvalue weighted by Crippen LogP contribution is 2.21. The van der Waals surface area contributed by atoms with Crippen molar-refractivity contribution in [2.24, 2.45) is 0 Å². The van der Waals surface area contributed by atoms with Gasteiger partial charge in [0.1, 0.15) is 0 Å². The molecule has 0 aromatic heterocycles. The van der Waals surface area contributed by atoms with E-state index in [0.717, 1.165) is 19.5 Å². The average molecular weight is 198 g/mol. The smallest absolute Gasteiger partial charge is 0.224 e. The molecule has 1 fully saturated rings. The van der Waals surface area contributed by atoms with Crippen molar-refractivity contribution < 1.29 is 4.79 Å². The zero-order valence-corrected chi connectivity index (χ0v) is 9.76. The summed E-state index contributed by atoms with van der Waals surface area (Å²) in [6, 6.07) is 0.345. The van der Waals surface area contributed by atoms with Crippen LogP contribution in [0.15, 0.2) is 0 Å². The molecule has 1 unspecified atom stereocenters. The Hall–Kier alpha value is -0.570. The zero-order chi connectivity index (χ0) is 10.8. The first-order valence-corrected chi connectivity index (χ1v) is 5.52. The summed E-state index contributed by atoms with van der Waals surface area (Å²) in [7, 11) is 0. The lowest BCUT2D eigenvalue weighted by Gasteiger charge is -2.41. The molecule has 3 heteroatoms. The predicted molar refractivity (Wildman–Crippen MR) is 58.2 cm³/mol. The molecule has 1 heterocycles. The average Bonchev–Trinajstić information content (AvgIpc) is 2.23. The summed E-state index contributed by atoms with van der Waals surface area (Å²) >= 11 is 0. The van der Waals surface area contributed by atoms with Crippen molar-refractivity contribution in [3.05, 3.63) is 0 Å². The number of carbonyl (C=O) groups is 1. The van der Waals surface area contributed by atoms with Crippen LogP contribution in [0.5, 0.6) is 0 Å². The maximum Gasteiger partial charge on any atom is 0.224 e. The molecule has 0 radical (unpaired) electrons. The van der Waals surface area contributed by atoms with Crippen LogP contribution in [0.2, 0.25) is 0 Å². The van der Waals surface area contributed by atoms with Gasteiger partial charge in [-0.25, -0.2) is 0 Å². The van der Waals surface area contributed by atoms with E-state index in [1.807, 2.05) is 4.90 Å². The van der Waals surface area contributed by atoms with Crippen LogP contribution in [0.4, 0.5) is 0 Å². The van der Waals surface area contributed by atoms with Crippen LogP contribution >= 0.6 is 0 Å². The Balaban J connectivity index is 2.86. The molecule has 1 atom stereocenters. The molecule has 14 heavy (non-hydrogen) atoms. The molecule has 0 spiro atoms. The zero-order valence-electron chi connectivity index (χ0n) is 9.76. The highest BCUT2D eigenvalue weighted by molar-refractivity contribution is 5.77. The lowest BCUT2D eigenvalue weighted by atomic mass is 9.99. The highest BCUT2D eigenvalue weighted by atomic mass is 16.2. The summed E-state index contributed by atoms with van der Waals surface area (Å²) in [5.74, 6) is 0.286. The number of nitrogens with one attached hydrogen (secondary N) is 1. The van der Waals surface area contributed by atoms with E-state index in [1.54, 1.807) is 0 Å². The molecule has 0 bridgehead atoms. The summed E-state index contributed by atoms with van der Waals surface area (Å²) < 4.78 is 0. The number of carbonyl (C=O) groups excluding carboxylic acids is 1. The molecule has 1 rings (SSSR count). The second kappa shape index (κ2) is 4.30. The second-order valence-corrected chi connectivity index (χ2v) is 4.76. The summed E-state index contributed by atoms with van der Waals surface area (Å²) in [5.41, 5.74) is -0.0526. The van der Waals surface area contributed by atoms with E-state index in [-0.39, 0.29) is 11.4 Å². The largest absolute Gasteiger partial charge is 0.334 e. The van der Waals surface area contributed by atoms with Gasteiger partial charge in [0.25, 0.3) is 0 Å². The van der Waals surface area contributed by atoms with Gasteiger partial charge >= 0.3 is 0 Å². The van der Waals surface area contributed by atoms with Crippen molar-refractivity contribution in [2.45, 2.75) is 52.1 Å². The Morgan fingerprint density at radius 2 is 2.21 bits per heavy atom. The first-order valence-electron chi connectivity index (χ1n) is 5.52. The van der Waals surface area contributed by atoms with E-state index < -0.39 is 0 Å². The summed E-state index contributed by atoms with van der Waals surface area (Å²) in [5, 5.41) is 3.31. The molecular weight excluding hydrogens is 176 g/mol. The molecule has 1 amide bonds. The summed E-state index contributed by atoms with van der Waals surface area (Å²) in [6.45, 7) is 10.2. The minimum absolute atomic E-state index is 0.0526. The minimum atomic E-state index is -0.0526. The van der Waals surface area contributed by atoms with E-state index in [4.69, 9.17) is 0 Å². The van der Waals surface area contributed by atoms with Crippen LogP contribution in [0, 0.1) is 0 Å². The van der Waals surface area contributed by atoms with Gasteiger partial charge in [-0.05, 0) is 27.2 Å². The van der Waals surface area contributed by atoms with Crippen LogP contribution in [0.25, 0.3) is 0 Å². The van der Waals surface area contributed by atoms with E-state index >= 15 is 0 Å². The fourth-order valence-electron chi connectivity index (χ4n) is 2.16. The lowest BCUT2D eigenvalue weighted by Crippen LogP contribution is -2.54. The van der Waals surface area contributed by atoms with Gasteiger partial charge in [-0.1, -0.05) is 6.92 Å². The Bertz CT molecular complexity index is 213. The molecule has 82 valence electrons. The predicted octanol–water partition coefficient (Wildman–Crippen LogP) is 1.39. The fraction of sp³-hybridized carbons (Fsp3) is 0.909. The van der Waals surface area contributed by atoms with Crippen molar-refractivity contribution in [1.29, 1.82) is 0 Å². The standard InChI is InChI=1S/C11H22N2O/c1-5-9(2)13-10(14)6-7-12-8-11(13,3)4/h9,12H,5-8H2,1-4H3. The number of hydrogen-bond donors (Lipinski definition) is 1. The van der Waals surface area contributed by atoms with E-state index in [0.29, 0.717) is 12.5 Å².